The molecule has 0 saturated carbocycles. The molecule has 0 bridgehead atoms. The standard InChI is InChI=1S/C18H20N4O5/c1-18(2)26-15(23)10(16(24)27-18)9-19-13-7-11-12(21-17(25)20-11)8-14(13)22-5-3-4-6-22/h7-9,19H,3-6H2,1-2H3,(H2,20,21,25). The van der Waals surface area contributed by atoms with Crippen molar-refractivity contribution in [2.24, 2.45) is 0 Å². The number of imidazole rings is 1. The summed E-state index contributed by atoms with van der Waals surface area (Å²) in [6.07, 6.45) is 3.44. The number of aromatic nitrogens is 2. The van der Waals surface area contributed by atoms with Gasteiger partial charge in [-0.2, -0.15) is 0 Å². The van der Waals surface area contributed by atoms with Crippen LogP contribution in [0.1, 0.15) is 26.7 Å². The van der Waals surface area contributed by atoms with Crippen LogP contribution < -0.4 is 15.9 Å². The lowest BCUT2D eigenvalue weighted by molar-refractivity contribution is -0.222. The third kappa shape index (κ3) is 3.27. The van der Waals surface area contributed by atoms with Crippen molar-refractivity contribution in [2.75, 3.05) is 23.3 Å². The van der Waals surface area contributed by atoms with Crippen molar-refractivity contribution in [3.63, 3.8) is 0 Å². The number of anilines is 2. The lowest BCUT2D eigenvalue weighted by Gasteiger charge is -2.29. The van der Waals surface area contributed by atoms with Crippen molar-refractivity contribution < 1.29 is 19.1 Å². The molecule has 3 N–H and O–H groups in total. The van der Waals surface area contributed by atoms with Crippen molar-refractivity contribution in [3.05, 3.63) is 34.4 Å². The molecule has 1 aromatic carbocycles. The number of esters is 2. The van der Waals surface area contributed by atoms with E-state index in [0.29, 0.717) is 16.7 Å². The number of ether oxygens (including phenoxy) is 2. The zero-order valence-corrected chi connectivity index (χ0v) is 15.0. The average Bonchev–Trinajstić information content (AvgIpc) is 3.20. The fraction of sp³-hybridized carbons (Fsp3) is 0.389. The second kappa shape index (κ2) is 6.19. The van der Waals surface area contributed by atoms with E-state index in [2.05, 4.69) is 20.2 Å². The van der Waals surface area contributed by atoms with Gasteiger partial charge in [0.25, 0.3) is 5.79 Å². The number of fused-ring (bicyclic) bond motifs is 1. The van der Waals surface area contributed by atoms with E-state index in [0.717, 1.165) is 31.6 Å². The predicted molar refractivity (Wildman–Crippen MR) is 98.3 cm³/mol. The summed E-state index contributed by atoms with van der Waals surface area (Å²) < 4.78 is 10.2. The Morgan fingerprint density at radius 2 is 1.63 bits per heavy atom. The molecular formula is C18H20N4O5. The van der Waals surface area contributed by atoms with Crippen molar-refractivity contribution in [1.29, 1.82) is 0 Å². The highest BCUT2D eigenvalue weighted by Crippen LogP contribution is 2.32. The van der Waals surface area contributed by atoms with Crippen LogP contribution in [0, 0.1) is 0 Å². The zero-order chi connectivity index (χ0) is 19.2. The number of rotatable bonds is 3. The summed E-state index contributed by atoms with van der Waals surface area (Å²) in [6, 6.07) is 3.64. The summed E-state index contributed by atoms with van der Waals surface area (Å²) in [4.78, 5) is 43.5. The molecular weight excluding hydrogens is 352 g/mol. The Balaban J connectivity index is 1.70. The number of H-pyrrole nitrogens is 2. The van der Waals surface area contributed by atoms with E-state index in [1.807, 2.05) is 6.07 Å². The molecule has 2 aliphatic heterocycles. The first kappa shape index (κ1) is 17.2. The van der Waals surface area contributed by atoms with Crippen LogP contribution in [-0.4, -0.2) is 40.8 Å². The average molecular weight is 372 g/mol. The van der Waals surface area contributed by atoms with Crippen LogP contribution in [0.3, 0.4) is 0 Å². The van der Waals surface area contributed by atoms with Gasteiger partial charge in [-0.3, -0.25) is 0 Å². The highest BCUT2D eigenvalue weighted by atomic mass is 16.7. The van der Waals surface area contributed by atoms with Crippen LogP contribution in [0.5, 0.6) is 0 Å². The lowest BCUT2D eigenvalue weighted by atomic mass is 10.2. The second-order valence-electron chi connectivity index (χ2n) is 7.07. The molecule has 9 nitrogen and oxygen atoms in total. The normalized spacial score (nSPS) is 19.2. The summed E-state index contributed by atoms with van der Waals surface area (Å²) in [5.74, 6) is -2.78. The van der Waals surface area contributed by atoms with Gasteiger partial charge >= 0.3 is 17.6 Å². The molecule has 9 heteroatoms. The molecule has 2 saturated heterocycles. The first-order chi connectivity index (χ1) is 12.8. The molecule has 0 radical (unpaired) electrons. The van der Waals surface area contributed by atoms with Crippen LogP contribution in [0.4, 0.5) is 11.4 Å². The van der Waals surface area contributed by atoms with Crippen molar-refractivity contribution in [1.82, 2.24) is 9.97 Å². The monoisotopic (exact) mass is 372 g/mol. The van der Waals surface area contributed by atoms with Gasteiger partial charge in [0.05, 0.1) is 22.4 Å². The number of aromatic amines is 2. The highest BCUT2D eigenvalue weighted by molar-refractivity contribution is 6.15. The van der Waals surface area contributed by atoms with E-state index in [9.17, 15) is 14.4 Å². The number of benzene rings is 1. The number of cyclic esters (lactones) is 2. The number of nitrogens with zero attached hydrogens (tertiary/aromatic N) is 1. The number of carbonyl (C=O) groups excluding carboxylic acids is 2. The van der Waals surface area contributed by atoms with Crippen molar-refractivity contribution >= 4 is 34.3 Å². The number of nitrogens with one attached hydrogen (secondary N) is 3. The molecule has 0 aliphatic carbocycles. The Morgan fingerprint density at radius 1 is 1.04 bits per heavy atom. The molecule has 2 aromatic rings. The third-order valence-electron chi connectivity index (χ3n) is 4.57. The van der Waals surface area contributed by atoms with Gasteiger partial charge in [-0.15, -0.1) is 0 Å². The summed E-state index contributed by atoms with van der Waals surface area (Å²) in [7, 11) is 0. The molecule has 0 atom stereocenters. The molecule has 2 fully saturated rings. The molecule has 2 aliphatic rings. The smallest absolute Gasteiger partial charge is 0.350 e. The van der Waals surface area contributed by atoms with Crippen molar-refractivity contribution in [3.8, 4) is 0 Å². The third-order valence-corrected chi connectivity index (χ3v) is 4.57. The summed E-state index contributed by atoms with van der Waals surface area (Å²) in [6.45, 7) is 4.77. The van der Waals surface area contributed by atoms with Gasteiger partial charge in [0.2, 0.25) is 0 Å². The molecule has 0 spiro atoms. The minimum absolute atomic E-state index is 0.218. The van der Waals surface area contributed by atoms with Gasteiger partial charge in [-0.05, 0) is 25.0 Å². The molecule has 3 heterocycles. The quantitative estimate of drug-likeness (QED) is 0.425. The van der Waals surface area contributed by atoms with Gasteiger partial charge in [-0.1, -0.05) is 0 Å². The first-order valence-corrected chi connectivity index (χ1v) is 8.77. The van der Waals surface area contributed by atoms with E-state index >= 15 is 0 Å². The fourth-order valence-corrected chi connectivity index (χ4v) is 3.33. The number of hydrogen-bond donors (Lipinski definition) is 3. The largest absolute Gasteiger partial charge is 0.419 e. The second-order valence-corrected chi connectivity index (χ2v) is 7.07. The maximum atomic E-state index is 12.1. The summed E-state index contributed by atoms with van der Waals surface area (Å²) in [5.41, 5.74) is 2.35. The predicted octanol–water partition coefficient (Wildman–Crippen LogP) is 1.59. The fourth-order valence-electron chi connectivity index (χ4n) is 3.33. The van der Waals surface area contributed by atoms with E-state index in [-0.39, 0.29) is 11.3 Å². The van der Waals surface area contributed by atoms with Gasteiger partial charge < -0.3 is 29.7 Å². The Kier molecular flexibility index (Phi) is 3.94. The number of hydrogen-bond acceptors (Lipinski definition) is 7. The maximum Gasteiger partial charge on any atom is 0.350 e. The van der Waals surface area contributed by atoms with Crippen LogP contribution in [0.15, 0.2) is 28.7 Å². The minimum Gasteiger partial charge on any atom is -0.419 e. The molecule has 4 rings (SSSR count). The van der Waals surface area contributed by atoms with Crippen LogP contribution in [-0.2, 0) is 19.1 Å². The van der Waals surface area contributed by atoms with E-state index in [1.165, 1.54) is 20.0 Å². The molecule has 0 unspecified atom stereocenters. The molecule has 142 valence electrons. The van der Waals surface area contributed by atoms with Crippen molar-refractivity contribution in [2.45, 2.75) is 32.5 Å². The lowest BCUT2D eigenvalue weighted by Crippen LogP contribution is -2.42. The summed E-state index contributed by atoms with van der Waals surface area (Å²) in [5, 5.41) is 3.01. The van der Waals surface area contributed by atoms with Gasteiger partial charge in [0.1, 0.15) is 0 Å². The molecule has 27 heavy (non-hydrogen) atoms. The Hall–Kier alpha value is -3.23. The van der Waals surface area contributed by atoms with E-state index < -0.39 is 17.7 Å². The highest BCUT2D eigenvalue weighted by Gasteiger charge is 2.39. The van der Waals surface area contributed by atoms with Gasteiger partial charge in [0, 0.05) is 33.1 Å². The number of carbonyl (C=O) groups is 2. The maximum absolute atomic E-state index is 12.1. The minimum atomic E-state index is -1.28. The Bertz CT molecular complexity index is 988. The Morgan fingerprint density at radius 3 is 2.26 bits per heavy atom. The SMILES string of the molecule is CC1(C)OC(=O)C(=CNc2cc3[nH]c(=O)[nH]c3cc2N2CCCC2)C(=O)O1. The van der Waals surface area contributed by atoms with Crippen LogP contribution in [0.2, 0.25) is 0 Å². The van der Waals surface area contributed by atoms with Gasteiger partial charge in [0.15, 0.2) is 5.57 Å². The van der Waals surface area contributed by atoms with E-state index in [1.54, 1.807) is 6.07 Å². The van der Waals surface area contributed by atoms with E-state index in [4.69, 9.17) is 9.47 Å². The summed E-state index contributed by atoms with van der Waals surface area (Å²) >= 11 is 0. The topological polar surface area (TPSA) is 117 Å². The zero-order valence-electron chi connectivity index (χ0n) is 15.0. The molecule has 1 aromatic heterocycles. The van der Waals surface area contributed by atoms with Gasteiger partial charge in [-0.25, -0.2) is 14.4 Å². The molecule has 0 amide bonds. The Labute approximate surface area is 154 Å². The first-order valence-electron chi connectivity index (χ1n) is 8.77. The van der Waals surface area contributed by atoms with Crippen LogP contribution in [0.25, 0.3) is 11.0 Å². The van der Waals surface area contributed by atoms with Crippen LogP contribution >= 0.6 is 0 Å².